The zero-order valence-corrected chi connectivity index (χ0v) is 12.2. The predicted octanol–water partition coefficient (Wildman–Crippen LogP) is 2.66. The van der Waals surface area contributed by atoms with E-state index in [1.165, 1.54) is 19.4 Å². The molecule has 0 bridgehead atoms. The normalized spacial score (nSPS) is 20.0. The first-order chi connectivity index (χ1) is 8.68. The molecule has 1 aliphatic heterocycles. The molecule has 1 heterocycles. The number of hydrogen-bond donors (Lipinski definition) is 1. The van der Waals surface area contributed by atoms with Crippen molar-refractivity contribution < 1.29 is 4.79 Å². The molecule has 1 saturated heterocycles. The first-order valence-corrected chi connectivity index (χ1v) is 7.21. The van der Waals surface area contributed by atoms with Gasteiger partial charge in [-0.3, -0.25) is 4.79 Å². The Hall–Kier alpha value is -0.870. The van der Waals surface area contributed by atoms with E-state index in [0.29, 0.717) is 11.6 Å². The van der Waals surface area contributed by atoms with E-state index in [9.17, 15) is 4.79 Å². The molecule has 98 valence electrons. The van der Waals surface area contributed by atoms with Gasteiger partial charge in [-0.05, 0) is 60.9 Å². The number of rotatable bonds is 4. The lowest BCUT2D eigenvalue weighted by molar-refractivity contribution is 0.0949. The van der Waals surface area contributed by atoms with Crippen molar-refractivity contribution in [1.82, 2.24) is 10.2 Å². The van der Waals surface area contributed by atoms with Gasteiger partial charge in [0.05, 0.1) is 5.56 Å². The largest absolute Gasteiger partial charge is 0.352 e. The van der Waals surface area contributed by atoms with Crippen LogP contribution in [0.3, 0.4) is 0 Å². The van der Waals surface area contributed by atoms with Gasteiger partial charge in [-0.1, -0.05) is 12.1 Å². The number of benzene rings is 1. The van der Waals surface area contributed by atoms with Crippen molar-refractivity contribution in [2.24, 2.45) is 0 Å². The minimum absolute atomic E-state index is 0.00289. The van der Waals surface area contributed by atoms with Crippen molar-refractivity contribution in [3.63, 3.8) is 0 Å². The molecule has 0 spiro atoms. The van der Waals surface area contributed by atoms with Crippen LogP contribution in [0.5, 0.6) is 0 Å². The highest BCUT2D eigenvalue weighted by Crippen LogP contribution is 2.18. The van der Waals surface area contributed by atoms with Crippen LogP contribution in [0.25, 0.3) is 0 Å². The van der Waals surface area contributed by atoms with Gasteiger partial charge >= 0.3 is 0 Å². The van der Waals surface area contributed by atoms with Crippen molar-refractivity contribution in [2.45, 2.75) is 25.3 Å². The van der Waals surface area contributed by atoms with Crippen LogP contribution in [0.4, 0.5) is 0 Å². The summed E-state index contributed by atoms with van der Waals surface area (Å²) in [6, 6.07) is 8.14. The molecule has 1 atom stereocenters. The Morgan fingerprint density at radius 1 is 1.50 bits per heavy atom. The van der Waals surface area contributed by atoms with Crippen LogP contribution in [0.2, 0.25) is 0 Å². The minimum Gasteiger partial charge on any atom is -0.352 e. The third kappa shape index (κ3) is 3.33. The van der Waals surface area contributed by atoms with E-state index >= 15 is 0 Å². The summed E-state index contributed by atoms with van der Waals surface area (Å²) >= 11 is 3.40. The Labute approximate surface area is 117 Å². The first kappa shape index (κ1) is 13.6. The number of nitrogens with zero attached hydrogens (tertiary/aromatic N) is 1. The number of amides is 1. The number of carbonyl (C=O) groups excluding carboxylic acids is 1. The number of carbonyl (C=O) groups is 1. The molecule has 0 aromatic heterocycles. The number of hydrogen-bond acceptors (Lipinski definition) is 2. The van der Waals surface area contributed by atoms with Crippen LogP contribution >= 0.6 is 15.9 Å². The number of likely N-dealkylation sites (tertiary alicyclic amines) is 1. The Kier molecular flexibility index (Phi) is 4.78. The van der Waals surface area contributed by atoms with Crippen LogP contribution in [-0.2, 0) is 0 Å². The van der Waals surface area contributed by atoms with E-state index < -0.39 is 0 Å². The third-order valence-corrected chi connectivity index (χ3v) is 4.24. The molecule has 1 aliphatic rings. The summed E-state index contributed by atoms with van der Waals surface area (Å²) < 4.78 is 0.848. The molecule has 1 aromatic carbocycles. The standard InChI is InChI=1S/C14H19BrN2O/c1-17-10-4-5-11(17)8-9-16-14(18)12-6-2-3-7-13(12)15/h2-3,6-7,11H,4-5,8-10H2,1H3,(H,16,18). The first-order valence-electron chi connectivity index (χ1n) is 6.41. The lowest BCUT2D eigenvalue weighted by atomic mass is 10.1. The van der Waals surface area contributed by atoms with Gasteiger partial charge in [0, 0.05) is 17.1 Å². The van der Waals surface area contributed by atoms with Crippen molar-refractivity contribution in [3.8, 4) is 0 Å². The summed E-state index contributed by atoms with van der Waals surface area (Å²) in [7, 11) is 2.16. The van der Waals surface area contributed by atoms with Crippen LogP contribution < -0.4 is 5.32 Å². The summed E-state index contributed by atoms with van der Waals surface area (Å²) in [5.41, 5.74) is 0.706. The quantitative estimate of drug-likeness (QED) is 0.927. The van der Waals surface area contributed by atoms with Crippen LogP contribution in [0, 0.1) is 0 Å². The molecule has 0 saturated carbocycles. The smallest absolute Gasteiger partial charge is 0.252 e. The summed E-state index contributed by atoms with van der Waals surface area (Å²) in [6.07, 6.45) is 3.56. The molecule has 0 radical (unpaired) electrons. The fraction of sp³-hybridized carbons (Fsp3) is 0.500. The second-order valence-corrected chi connectivity index (χ2v) is 5.66. The van der Waals surface area contributed by atoms with Gasteiger partial charge in [0.2, 0.25) is 0 Å². The van der Waals surface area contributed by atoms with Crippen LogP contribution in [0.1, 0.15) is 29.6 Å². The molecule has 1 fully saturated rings. The molecule has 0 aliphatic carbocycles. The molecular formula is C14H19BrN2O. The maximum atomic E-state index is 12.0. The summed E-state index contributed by atoms with van der Waals surface area (Å²) in [5.74, 6) is 0.00289. The highest BCUT2D eigenvalue weighted by molar-refractivity contribution is 9.10. The number of nitrogens with one attached hydrogen (secondary N) is 1. The third-order valence-electron chi connectivity index (χ3n) is 3.55. The van der Waals surface area contributed by atoms with Crippen molar-refractivity contribution in [1.29, 1.82) is 0 Å². The molecule has 4 heteroatoms. The molecule has 1 unspecified atom stereocenters. The highest BCUT2D eigenvalue weighted by atomic mass is 79.9. The summed E-state index contributed by atoms with van der Waals surface area (Å²) in [6.45, 7) is 1.93. The molecule has 2 rings (SSSR count). The average Bonchev–Trinajstić information content (AvgIpc) is 2.75. The van der Waals surface area contributed by atoms with Gasteiger partial charge < -0.3 is 10.2 Å². The Morgan fingerprint density at radius 3 is 2.94 bits per heavy atom. The second kappa shape index (κ2) is 6.34. The van der Waals surface area contributed by atoms with Crippen molar-refractivity contribution in [2.75, 3.05) is 20.1 Å². The molecule has 1 amide bonds. The molecule has 3 nitrogen and oxygen atoms in total. The molecule has 1 aromatic rings. The van der Waals surface area contributed by atoms with E-state index in [-0.39, 0.29) is 5.91 Å². The summed E-state index contributed by atoms with van der Waals surface area (Å²) in [5, 5.41) is 2.99. The lowest BCUT2D eigenvalue weighted by Crippen LogP contribution is -2.31. The van der Waals surface area contributed by atoms with E-state index in [1.807, 2.05) is 24.3 Å². The minimum atomic E-state index is 0.00289. The SMILES string of the molecule is CN1CCCC1CCNC(=O)c1ccccc1Br. The highest BCUT2D eigenvalue weighted by Gasteiger charge is 2.20. The lowest BCUT2D eigenvalue weighted by Gasteiger charge is -2.19. The van der Waals surface area contributed by atoms with Gasteiger partial charge in [-0.25, -0.2) is 0 Å². The zero-order chi connectivity index (χ0) is 13.0. The van der Waals surface area contributed by atoms with Crippen molar-refractivity contribution in [3.05, 3.63) is 34.3 Å². The molecule has 18 heavy (non-hydrogen) atoms. The van der Waals surface area contributed by atoms with E-state index in [4.69, 9.17) is 0 Å². The molecular weight excluding hydrogens is 292 g/mol. The Balaban J connectivity index is 1.80. The molecule has 1 N–H and O–H groups in total. The number of halogens is 1. The van der Waals surface area contributed by atoms with Gasteiger partial charge in [0.1, 0.15) is 0 Å². The van der Waals surface area contributed by atoms with Crippen molar-refractivity contribution >= 4 is 21.8 Å². The maximum Gasteiger partial charge on any atom is 0.252 e. The van der Waals surface area contributed by atoms with Gasteiger partial charge in [0.25, 0.3) is 5.91 Å². The zero-order valence-electron chi connectivity index (χ0n) is 10.7. The van der Waals surface area contributed by atoms with E-state index in [2.05, 4.69) is 33.2 Å². The maximum absolute atomic E-state index is 12.0. The van der Waals surface area contributed by atoms with Gasteiger partial charge in [-0.2, -0.15) is 0 Å². The fourth-order valence-corrected chi connectivity index (χ4v) is 2.90. The van der Waals surface area contributed by atoms with Gasteiger partial charge in [-0.15, -0.1) is 0 Å². The Bertz CT molecular complexity index is 422. The van der Waals surface area contributed by atoms with Crippen LogP contribution in [-0.4, -0.2) is 37.0 Å². The van der Waals surface area contributed by atoms with Crippen LogP contribution in [0.15, 0.2) is 28.7 Å². The second-order valence-electron chi connectivity index (χ2n) is 4.80. The fourth-order valence-electron chi connectivity index (χ4n) is 2.44. The van der Waals surface area contributed by atoms with E-state index in [0.717, 1.165) is 17.4 Å². The monoisotopic (exact) mass is 310 g/mol. The van der Waals surface area contributed by atoms with Gasteiger partial charge in [0.15, 0.2) is 0 Å². The topological polar surface area (TPSA) is 32.3 Å². The average molecular weight is 311 g/mol. The van der Waals surface area contributed by atoms with E-state index in [1.54, 1.807) is 0 Å². The predicted molar refractivity (Wildman–Crippen MR) is 76.7 cm³/mol. The summed E-state index contributed by atoms with van der Waals surface area (Å²) in [4.78, 5) is 14.3. The Morgan fingerprint density at radius 2 is 2.28 bits per heavy atom.